The summed E-state index contributed by atoms with van der Waals surface area (Å²) < 4.78 is 20.0. The van der Waals surface area contributed by atoms with Crippen LogP contribution in [0.2, 0.25) is 0 Å². The molecule has 148 valence electrons. The van der Waals surface area contributed by atoms with Gasteiger partial charge in [0.2, 0.25) is 5.95 Å². The molecule has 2 aromatic rings. The topological polar surface area (TPSA) is 61.6 Å². The number of ether oxygens (including phenoxy) is 3. The van der Waals surface area contributed by atoms with Crippen LogP contribution in [0, 0.1) is 0 Å². The van der Waals surface area contributed by atoms with E-state index in [1.165, 1.54) is 4.88 Å². The van der Waals surface area contributed by atoms with Crippen molar-refractivity contribution in [2.24, 2.45) is 0 Å². The predicted octanol–water partition coefficient (Wildman–Crippen LogP) is 2.87. The maximum Gasteiger partial charge on any atom is 0.227 e. The zero-order valence-electron chi connectivity index (χ0n) is 16.5. The first kappa shape index (κ1) is 18.9. The summed E-state index contributed by atoms with van der Waals surface area (Å²) in [5.41, 5.74) is -0.516. The van der Waals surface area contributed by atoms with Gasteiger partial charge in [-0.15, -0.1) is 21.5 Å². The van der Waals surface area contributed by atoms with Gasteiger partial charge in [0.25, 0.3) is 0 Å². The van der Waals surface area contributed by atoms with Gasteiger partial charge in [-0.25, -0.2) is 0 Å². The van der Waals surface area contributed by atoms with Crippen molar-refractivity contribution in [2.75, 3.05) is 37.8 Å². The third kappa shape index (κ3) is 4.18. The summed E-state index contributed by atoms with van der Waals surface area (Å²) in [7, 11) is 0. The van der Waals surface area contributed by atoms with Gasteiger partial charge >= 0.3 is 0 Å². The number of rotatable bonds is 4. The van der Waals surface area contributed by atoms with E-state index in [4.69, 9.17) is 14.2 Å². The molecule has 0 bridgehead atoms. The lowest BCUT2D eigenvalue weighted by molar-refractivity contribution is -0.133. The number of nitrogens with zero attached hydrogens (tertiary/aromatic N) is 4. The van der Waals surface area contributed by atoms with Gasteiger partial charge in [-0.3, -0.25) is 4.57 Å². The molecular formula is C19H28N4O3S. The fraction of sp³-hybridized carbons (Fsp3) is 0.684. The highest BCUT2D eigenvalue weighted by Gasteiger charge is 2.40. The van der Waals surface area contributed by atoms with Gasteiger partial charge in [0.1, 0.15) is 6.10 Å². The van der Waals surface area contributed by atoms with E-state index in [1.807, 2.05) is 0 Å². The van der Waals surface area contributed by atoms with Crippen LogP contribution in [-0.4, -0.2) is 58.9 Å². The monoisotopic (exact) mass is 392 g/mol. The Morgan fingerprint density at radius 3 is 2.56 bits per heavy atom. The Morgan fingerprint density at radius 2 is 1.93 bits per heavy atom. The maximum atomic E-state index is 6.24. The largest absolute Gasteiger partial charge is 0.376 e. The number of morpholine rings is 1. The van der Waals surface area contributed by atoms with E-state index >= 15 is 0 Å². The van der Waals surface area contributed by atoms with Crippen molar-refractivity contribution < 1.29 is 14.2 Å². The number of hydrogen-bond donors (Lipinski definition) is 0. The van der Waals surface area contributed by atoms with E-state index in [0.717, 1.165) is 31.4 Å². The smallest absolute Gasteiger partial charge is 0.227 e. The summed E-state index contributed by atoms with van der Waals surface area (Å²) in [4.78, 5) is 3.55. The molecule has 0 spiro atoms. The predicted molar refractivity (Wildman–Crippen MR) is 104 cm³/mol. The van der Waals surface area contributed by atoms with E-state index < -0.39 is 0 Å². The number of anilines is 1. The second kappa shape index (κ2) is 7.16. The Hall–Kier alpha value is -1.48. The van der Waals surface area contributed by atoms with Crippen LogP contribution in [0.15, 0.2) is 17.5 Å². The molecule has 2 aliphatic rings. The fourth-order valence-corrected chi connectivity index (χ4v) is 4.75. The number of hydrogen-bond acceptors (Lipinski definition) is 7. The van der Waals surface area contributed by atoms with Crippen LogP contribution in [-0.2, 0) is 20.8 Å². The van der Waals surface area contributed by atoms with E-state index in [-0.39, 0.29) is 17.3 Å². The van der Waals surface area contributed by atoms with Crippen molar-refractivity contribution in [2.45, 2.75) is 51.5 Å². The zero-order chi connectivity index (χ0) is 19.1. The first-order valence-electron chi connectivity index (χ1n) is 9.43. The van der Waals surface area contributed by atoms with Gasteiger partial charge in [0.15, 0.2) is 5.82 Å². The molecule has 0 aliphatic carbocycles. The van der Waals surface area contributed by atoms with Crippen LogP contribution in [0.5, 0.6) is 0 Å². The minimum absolute atomic E-state index is 0.179. The van der Waals surface area contributed by atoms with Crippen molar-refractivity contribution >= 4 is 17.3 Å². The van der Waals surface area contributed by atoms with Crippen molar-refractivity contribution in [3.8, 4) is 0 Å². The quantitative estimate of drug-likeness (QED) is 0.797. The molecule has 2 fully saturated rings. The number of aromatic nitrogens is 3. The SMILES string of the molecule is CC1(C)CN(c2nnc(C3COCCO3)n2Cc2cccs2)CC(C)(C)O1. The molecule has 4 rings (SSSR count). The Balaban J connectivity index is 1.70. The molecular weight excluding hydrogens is 364 g/mol. The highest BCUT2D eigenvalue weighted by molar-refractivity contribution is 7.09. The Labute approximate surface area is 164 Å². The average molecular weight is 393 g/mol. The molecule has 0 saturated carbocycles. The molecule has 27 heavy (non-hydrogen) atoms. The van der Waals surface area contributed by atoms with Crippen molar-refractivity contribution in [3.63, 3.8) is 0 Å². The van der Waals surface area contributed by atoms with Crippen molar-refractivity contribution in [3.05, 3.63) is 28.2 Å². The maximum absolute atomic E-state index is 6.24. The van der Waals surface area contributed by atoms with Crippen LogP contribution >= 0.6 is 11.3 Å². The molecule has 8 heteroatoms. The Kier molecular flexibility index (Phi) is 5.00. The molecule has 7 nitrogen and oxygen atoms in total. The molecule has 0 N–H and O–H groups in total. The lowest BCUT2D eigenvalue weighted by Crippen LogP contribution is -2.58. The molecule has 1 atom stereocenters. The minimum atomic E-state index is -0.258. The zero-order valence-corrected chi connectivity index (χ0v) is 17.3. The molecule has 2 aromatic heterocycles. The van der Waals surface area contributed by atoms with Gasteiger partial charge in [-0.05, 0) is 39.1 Å². The van der Waals surface area contributed by atoms with Crippen molar-refractivity contribution in [1.29, 1.82) is 0 Å². The highest BCUT2D eigenvalue weighted by atomic mass is 32.1. The van der Waals surface area contributed by atoms with Crippen LogP contribution in [0.3, 0.4) is 0 Å². The van der Waals surface area contributed by atoms with E-state index in [9.17, 15) is 0 Å². The molecule has 2 aliphatic heterocycles. The summed E-state index contributed by atoms with van der Waals surface area (Å²) in [6.45, 7) is 12.5. The first-order chi connectivity index (χ1) is 12.8. The fourth-order valence-electron chi connectivity index (χ4n) is 4.05. The second-order valence-electron chi connectivity index (χ2n) is 8.44. The van der Waals surface area contributed by atoms with Gasteiger partial charge < -0.3 is 19.1 Å². The summed E-state index contributed by atoms with van der Waals surface area (Å²) in [6.07, 6.45) is -0.179. The summed E-state index contributed by atoms with van der Waals surface area (Å²) in [5, 5.41) is 11.2. The van der Waals surface area contributed by atoms with E-state index in [2.05, 4.69) is 64.9 Å². The summed E-state index contributed by atoms with van der Waals surface area (Å²) >= 11 is 1.74. The molecule has 0 radical (unpaired) electrons. The van der Waals surface area contributed by atoms with Gasteiger partial charge in [0.05, 0.1) is 37.6 Å². The van der Waals surface area contributed by atoms with Crippen molar-refractivity contribution in [1.82, 2.24) is 14.8 Å². The minimum Gasteiger partial charge on any atom is -0.376 e. The Bertz CT molecular complexity index is 750. The molecule has 4 heterocycles. The Morgan fingerprint density at radius 1 is 1.15 bits per heavy atom. The summed E-state index contributed by atoms with van der Waals surface area (Å²) in [5.74, 6) is 1.71. The molecule has 2 saturated heterocycles. The van der Waals surface area contributed by atoms with E-state index in [1.54, 1.807) is 11.3 Å². The van der Waals surface area contributed by atoms with Crippen LogP contribution < -0.4 is 4.90 Å². The lowest BCUT2D eigenvalue weighted by atomic mass is 9.99. The third-order valence-corrected chi connectivity index (χ3v) is 5.60. The van der Waals surface area contributed by atoms with Crippen LogP contribution in [0.1, 0.15) is 44.5 Å². The lowest BCUT2D eigenvalue weighted by Gasteiger charge is -2.47. The molecule has 0 aromatic carbocycles. The normalized spacial score (nSPS) is 24.9. The second-order valence-corrected chi connectivity index (χ2v) is 9.47. The first-order valence-corrected chi connectivity index (χ1v) is 10.3. The van der Waals surface area contributed by atoms with Gasteiger partial charge in [-0.2, -0.15) is 0 Å². The summed E-state index contributed by atoms with van der Waals surface area (Å²) in [6, 6.07) is 4.22. The molecule has 0 amide bonds. The number of thiophene rings is 1. The average Bonchev–Trinajstić information content (AvgIpc) is 3.23. The third-order valence-electron chi connectivity index (χ3n) is 4.74. The highest BCUT2D eigenvalue weighted by Crippen LogP contribution is 2.33. The van der Waals surface area contributed by atoms with E-state index in [0.29, 0.717) is 19.8 Å². The van der Waals surface area contributed by atoms with Crippen LogP contribution in [0.4, 0.5) is 5.95 Å². The molecule has 1 unspecified atom stereocenters. The standard InChI is InChI=1S/C19H28N4O3S/c1-18(2)12-22(13-19(3,4)26-18)17-21-20-16(15-11-24-7-8-25-15)23(17)10-14-6-5-9-27-14/h5-6,9,15H,7-8,10-13H2,1-4H3. The van der Waals surface area contributed by atoms with Crippen LogP contribution in [0.25, 0.3) is 0 Å². The van der Waals surface area contributed by atoms with Gasteiger partial charge in [0, 0.05) is 18.0 Å². The van der Waals surface area contributed by atoms with Gasteiger partial charge in [-0.1, -0.05) is 6.07 Å².